The van der Waals surface area contributed by atoms with Gasteiger partial charge in [0.25, 0.3) is 5.56 Å². The van der Waals surface area contributed by atoms with Crippen molar-refractivity contribution < 1.29 is 9.13 Å². The molecule has 27 heavy (non-hydrogen) atoms. The van der Waals surface area contributed by atoms with Gasteiger partial charge in [-0.05, 0) is 49.4 Å². The quantitative estimate of drug-likeness (QED) is 0.445. The van der Waals surface area contributed by atoms with Crippen LogP contribution in [0.25, 0.3) is 10.2 Å². The largest absolute Gasteiger partial charge is 0.383 e. The van der Waals surface area contributed by atoms with Gasteiger partial charge in [0, 0.05) is 17.2 Å². The van der Waals surface area contributed by atoms with Gasteiger partial charge in [-0.3, -0.25) is 9.36 Å². The maximum absolute atomic E-state index is 13.2. The molecule has 4 nitrogen and oxygen atoms in total. The summed E-state index contributed by atoms with van der Waals surface area (Å²) in [6.45, 7) is 2.97. The summed E-state index contributed by atoms with van der Waals surface area (Å²) in [5.74, 6) is -0.249. The molecule has 0 radical (unpaired) electrons. The maximum Gasteiger partial charge on any atom is 0.263 e. The van der Waals surface area contributed by atoms with Crippen molar-refractivity contribution in [3.8, 4) is 0 Å². The Bertz CT molecular complexity index is 1030. The average Bonchev–Trinajstić information content (AvgIpc) is 3.22. The molecule has 3 aromatic rings. The highest BCUT2D eigenvalue weighted by Gasteiger charge is 2.24. The van der Waals surface area contributed by atoms with E-state index in [0.717, 1.165) is 35.0 Å². The van der Waals surface area contributed by atoms with Gasteiger partial charge in [0.1, 0.15) is 10.6 Å². The van der Waals surface area contributed by atoms with Gasteiger partial charge in [-0.1, -0.05) is 23.9 Å². The number of nitrogens with zero attached hydrogens (tertiary/aromatic N) is 2. The molecule has 0 spiro atoms. The number of thiophene rings is 1. The lowest BCUT2D eigenvalue weighted by molar-refractivity contribution is 0.183. The standard InChI is InChI=1S/C20H21FN2O2S2/c1-12(13-6-8-14(21)9-7-13)26-20-22-18-17(15-4-3-5-16(15)27-18)19(24)23(20)10-11-25-2/h6-9,12H,3-5,10-11H2,1-2H3/t12-/m0/s1. The van der Waals surface area contributed by atoms with Crippen LogP contribution in [0.15, 0.2) is 34.2 Å². The highest BCUT2D eigenvalue weighted by Crippen LogP contribution is 2.38. The summed E-state index contributed by atoms with van der Waals surface area (Å²) in [6.07, 6.45) is 3.13. The van der Waals surface area contributed by atoms with Crippen LogP contribution in [-0.2, 0) is 24.1 Å². The van der Waals surface area contributed by atoms with Gasteiger partial charge < -0.3 is 4.74 Å². The Hall–Kier alpha value is -1.70. The number of methoxy groups -OCH3 is 1. The van der Waals surface area contributed by atoms with Gasteiger partial charge in [0.15, 0.2) is 5.16 Å². The van der Waals surface area contributed by atoms with Gasteiger partial charge in [0.05, 0.1) is 18.5 Å². The average molecular weight is 405 g/mol. The first-order valence-corrected chi connectivity index (χ1v) is 10.7. The number of hydrogen-bond donors (Lipinski definition) is 0. The van der Waals surface area contributed by atoms with Crippen LogP contribution in [0.1, 0.15) is 34.6 Å². The number of ether oxygens (including phenoxy) is 1. The van der Waals surface area contributed by atoms with E-state index in [1.54, 1.807) is 35.1 Å². The monoisotopic (exact) mass is 404 g/mol. The Morgan fingerprint density at radius 2 is 2.11 bits per heavy atom. The van der Waals surface area contributed by atoms with E-state index in [1.807, 2.05) is 6.92 Å². The van der Waals surface area contributed by atoms with Crippen molar-refractivity contribution in [2.75, 3.05) is 13.7 Å². The second-order valence-corrected chi connectivity index (χ2v) is 9.08. The highest BCUT2D eigenvalue weighted by molar-refractivity contribution is 7.99. The predicted octanol–water partition coefficient (Wildman–Crippen LogP) is 4.59. The van der Waals surface area contributed by atoms with Crippen molar-refractivity contribution in [2.24, 2.45) is 0 Å². The summed E-state index contributed by atoms with van der Waals surface area (Å²) in [4.78, 5) is 20.2. The van der Waals surface area contributed by atoms with Crippen LogP contribution in [0.3, 0.4) is 0 Å². The van der Waals surface area contributed by atoms with Crippen LogP contribution in [-0.4, -0.2) is 23.3 Å². The fourth-order valence-electron chi connectivity index (χ4n) is 3.49. The Morgan fingerprint density at radius 3 is 2.85 bits per heavy atom. The summed E-state index contributed by atoms with van der Waals surface area (Å²) in [7, 11) is 1.63. The van der Waals surface area contributed by atoms with E-state index in [1.165, 1.54) is 34.3 Å². The minimum atomic E-state index is -0.249. The molecule has 2 aromatic heterocycles. The third kappa shape index (κ3) is 3.56. The zero-order valence-electron chi connectivity index (χ0n) is 15.3. The third-order valence-corrected chi connectivity index (χ3v) is 7.26. The first-order valence-electron chi connectivity index (χ1n) is 9.04. The van der Waals surface area contributed by atoms with E-state index in [0.29, 0.717) is 18.3 Å². The van der Waals surface area contributed by atoms with E-state index in [9.17, 15) is 9.18 Å². The second-order valence-electron chi connectivity index (χ2n) is 6.69. The molecule has 0 bridgehead atoms. The van der Waals surface area contributed by atoms with E-state index in [2.05, 4.69) is 0 Å². The first-order chi connectivity index (χ1) is 13.1. The summed E-state index contributed by atoms with van der Waals surface area (Å²) in [6, 6.07) is 6.49. The second kappa shape index (κ2) is 7.73. The SMILES string of the molecule is COCCn1c(S[C@@H](C)c2ccc(F)cc2)nc2sc3c(c2c1=O)CCC3. The number of halogens is 1. The number of aromatic nitrogens is 2. The zero-order chi connectivity index (χ0) is 19.0. The smallest absolute Gasteiger partial charge is 0.263 e. The van der Waals surface area contributed by atoms with Crippen molar-refractivity contribution >= 4 is 33.3 Å². The van der Waals surface area contributed by atoms with E-state index in [-0.39, 0.29) is 16.6 Å². The molecule has 142 valence electrons. The summed E-state index contributed by atoms with van der Waals surface area (Å²) < 4.78 is 20.2. The van der Waals surface area contributed by atoms with Crippen LogP contribution in [0.4, 0.5) is 4.39 Å². The molecular weight excluding hydrogens is 383 g/mol. The molecule has 0 saturated heterocycles. The van der Waals surface area contributed by atoms with Crippen molar-refractivity contribution in [1.82, 2.24) is 9.55 Å². The molecule has 4 rings (SSSR count). The normalized spacial score (nSPS) is 14.6. The van der Waals surface area contributed by atoms with Crippen LogP contribution < -0.4 is 5.56 Å². The number of hydrogen-bond acceptors (Lipinski definition) is 5. The molecule has 7 heteroatoms. The number of rotatable bonds is 6. The third-order valence-electron chi connectivity index (χ3n) is 4.93. The fraction of sp³-hybridized carbons (Fsp3) is 0.400. The van der Waals surface area contributed by atoms with Crippen LogP contribution in [0.2, 0.25) is 0 Å². The zero-order valence-corrected chi connectivity index (χ0v) is 17.0. The van der Waals surface area contributed by atoms with Crippen molar-refractivity contribution in [1.29, 1.82) is 0 Å². The lowest BCUT2D eigenvalue weighted by Crippen LogP contribution is -2.25. The lowest BCUT2D eigenvalue weighted by atomic mass is 10.2. The Morgan fingerprint density at radius 1 is 1.33 bits per heavy atom. The summed E-state index contributed by atoms with van der Waals surface area (Å²) >= 11 is 3.18. The molecule has 0 unspecified atom stereocenters. The Kier molecular flexibility index (Phi) is 5.34. The molecule has 1 aliphatic carbocycles. The number of benzene rings is 1. The van der Waals surface area contributed by atoms with Gasteiger partial charge in [-0.2, -0.15) is 0 Å². The molecular formula is C20H21FN2O2S2. The van der Waals surface area contributed by atoms with Crippen molar-refractivity contribution in [3.05, 3.63) is 56.4 Å². The minimum Gasteiger partial charge on any atom is -0.383 e. The topological polar surface area (TPSA) is 44.1 Å². The maximum atomic E-state index is 13.2. The van der Waals surface area contributed by atoms with Gasteiger partial charge in [-0.25, -0.2) is 9.37 Å². The number of aryl methyl sites for hydroxylation is 2. The van der Waals surface area contributed by atoms with Crippen molar-refractivity contribution in [2.45, 2.75) is 43.1 Å². The lowest BCUT2D eigenvalue weighted by Gasteiger charge is -2.16. The molecule has 0 saturated carbocycles. The van der Waals surface area contributed by atoms with E-state index < -0.39 is 0 Å². The van der Waals surface area contributed by atoms with Gasteiger partial charge in [0.2, 0.25) is 0 Å². The molecule has 0 fully saturated rings. The Labute approximate surface area is 165 Å². The van der Waals surface area contributed by atoms with Gasteiger partial charge >= 0.3 is 0 Å². The summed E-state index contributed by atoms with van der Waals surface area (Å²) in [5.41, 5.74) is 2.23. The molecule has 1 atom stereocenters. The van der Waals surface area contributed by atoms with Crippen LogP contribution in [0.5, 0.6) is 0 Å². The molecule has 0 N–H and O–H groups in total. The molecule has 0 aliphatic heterocycles. The molecule has 0 amide bonds. The van der Waals surface area contributed by atoms with E-state index >= 15 is 0 Å². The number of thioether (sulfide) groups is 1. The minimum absolute atomic E-state index is 0.0326. The Balaban J connectivity index is 1.76. The fourth-order valence-corrected chi connectivity index (χ4v) is 5.85. The predicted molar refractivity (Wildman–Crippen MR) is 108 cm³/mol. The summed E-state index contributed by atoms with van der Waals surface area (Å²) in [5, 5.41) is 1.54. The van der Waals surface area contributed by atoms with Gasteiger partial charge in [-0.15, -0.1) is 11.3 Å². The van der Waals surface area contributed by atoms with E-state index in [4.69, 9.17) is 9.72 Å². The first kappa shape index (κ1) is 18.7. The number of fused-ring (bicyclic) bond motifs is 3. The van der Waals surface area contributed by atoms with Crippen LogP contribution >= 0.6 is 23.1 Å². The van der Waals surface area contributed by atoms with Crippen LogP contribution in [0, 0.1) is 5.82 Å². The highest BCUT2D eigenvalue weighted by atomic mass is 32.2. The molecule has 1 aliphatic rings. The molecule has 2 heterocycles. The molecule has 1 aromatic carbocycles. The van der Waals surface area contributed by atoms with Crippen molar-refractivity contribution in [3.63, 3.8) is 0 Å².